The van der Waals surface area contributed by atoms with Gasteiger partial charge in [-0.05, 0) is 18.6 Å². The molecule has 4 N–H and O–H groups in total. The Kier molecular flexibility index (Phi) is 2.37. The van der Waals surface area contributed by atoms with Crippen molar-refractivity contribution in [1.82, 2.24) is 10.2 Å². The number of aromatic nitrogens is 2. The van der Waals surface area contributed by atoms with Crippen molar-refractivity contribution < 1.29 is 0 Å². The Morgan fingerprint density at radius 3 is 3.14 bits per heavy atom. The third-order valence-electron chi connectivity index (χ3n) is 2.28. The van der Waals surface area contributed by atoms with E-state index in [1.165, 1.54) is 5.56 Å². The van der Waals surface area contributed by atoms with Gasteiger partial charge in [0, 0.05) is 24.2 Å². The molecule has 0 amide bonds. The first-order valence-electron chi connectivity index (χ1n) is 4.69. The van der Waals surface area contributed by atoms with E-state index >= 15 is 0 Å². The summed E-state index contributed by atoms with van der Waals surface area (Å²) in [6.07, 6.45) is 1.83. The first-order chi connectivity index (χ1) is 6.83. The highest BCUT2D eigenvalue weighted by Crippen LogP contribution is 2.24. The SMILES string of the molecule is Cc1ccc2[nH]ncc2c1NCCN. The third-order valence-corrected chi connectivity index (χ3v) is 2.28. The molecule has 0 aliphatic heterocycles. The van der Waals surface area contributed by atoms with E-state index in [4.69, 9.17) is 5.73 Å². The lowest BCUT2D eigenvalue weighted by Crippen LogP contribution is -2.13. The number of nitrogens with zero attached hydrogens (tertiary/aromatic N) is 1. The van der Waals surface area contributed by atoms with Crippen molar-refractivity contribution in [2.45, 2.75) is 6.92 Å². The Balaban J connectivity index is 2.47. The van der Waals surface area contributed by atoms with E-state index in [0.717, 1.165) is 23.1 Å². The molecule has 4 heteroatoms. The lowest BCUT2D eigenvalue weighted by atomic mass is 10.1. The van der Waals surface area contributed by atoms with Crippen LogP contribution < -0.4 is 11.1 Å². The molecule has 74 valence electrons. The van der Waals surface area contributed by atoms with Crippen molar-refractivity contribution in [1.29, 1.82) is 0 Å². The molecule has 1 aromatic carbocycles. The van der Waals surface area contributed by atoms with Crippen molar-refractivity contribution in [3.05, 3.63) is 23.9 Å². The van der Waals surface area contributed by atoms with Gasteiger partial charge in [-0.1, -0.05) is 6.07 Å². The van der Waals surface area contributed by atoms with Crippen LogP contribution in [0.25, 0.3) is 10.9 Å². The van der Waals surface area contributed by atoms with E-state index in [2.05, 4.69) is 28.5 Å². The van der Waals surface area contributed by atoms with Crippen LogP contribution in [0.2, 0.25) is 0 Å². The zero-order valence-corrected chi connectivity index (χ0v) is 8.17. The number of hydrogen-bond donors (Lipinski definition) is 3. The van der Waals surface area contributed by atoms with Gasteiger partial charge in [-0.2, -0.15) is 5.10 Å². The second-order valence-corrected chi connectivity index (χ2v) is 3.30. The zero-order chi connectivity index (χ0) is 9.97. The van der Waals surface area contributed by atoms with Crippen LogP contribution in [0.4, 0.5) is 5.69 Å². The van der Waals surface area contributed by atoms with Gasteiger partial charge < -0.3 is 11.1 Å². The van der Waals surface area contributed by atoms with Crippen LogP contribution in [0.1, 0.15) is 5.56 Å². The van der Waals surface area contributed by atoms with Crippen LogP contribution in [0, 0.1) is 6.92 Å². The number of hydrogen-bond acceptors (Lipinski definition) is 3. The summed E-state index contributed by atoms with van der Waals surface area (Å²) in [7, 11) is 0. The average Bonchev–Trinajstić information content (AvgIpc) is 2.64. The Hall–Kier alpha value is -1.55. The molecule has 1 heterocycles. The Morgan fingerprint density at radius 1 is 1.50 bits per heavy atom. The monoisotopic (exact) mass is 190 g/mol. The topological polar surface area (TPSA) is 66.7 Å². The van der Waals surface area contributed by atoms with Gasteiger partial charge in [0.25, 0.3) is 0 Å². The normalized spacial score (nSPS) is 10.7. The quantitative estimate of drug-likeness (QED) is 0.682. The van der Waals surface area contributed by atoms with Crippen molar-refractivity contribution in [3.8, 4) is 0 Å². The molecule has 0 aliphatic carbocycles. The maximum atomic E-state index is 5.46. The summed E-state index contributed by atoms with van der Waals surface area (Å²) >= 11 is 0. The van der Waals surface area contributed by atoms with E-state index in [0.29, 0.717) is 6.54 Å². The van der Waals surface area contributed by atoms with Crippen molar-refractivity contribution in [3.63, 3.8) is 0 Å². The fourth-order valence-corrected chi connectivity index (χ4v) is 1.56. The van der Waals surface area contributed by atoms with Gasteiger partial charge >= 0.3 is 0 Å². The standard InChI is InChI=1S/C10H14N4/c1-7-2-3-9-8(6-13-14-9)10(7)12-5-4-11/h2-3,6,12H,4-5,11H2,1H3,(H,13,14). The zero-order valence-electron chi connectivity index (χ0n) is 8.17. The van der Waals surface area contributed by atoms with Crippen LogP contribution in [0.5, 0.6) is 0 Å². The highest BCUT2D eigenvalue weighted by atomic mass is 15.1. The van der Waals surface area contributed by atoms with Gasteiger partial charge in [-0.3, -0.25) is 5.10 Å². The number of nitrogens with two attached hydrogens (primary N) is 1. The molecule has 0 atom stereocenters. The van der Waals surface area contributed by atoms with Gasteiger partial charge in [0.2, 0.25) is 0 Å². The van der Waals surface area contributed by atoms with Crippen LogP contribution in [0.15, 0.2) is 18.3 Å². The second kappa shape index (κ2) is 3.67. The molecule has 14 heavy (non-hydrogen) atoms. The molecular formula is C10H14N4. The van der Waals surface area contributed by atoms with Crippen LogP contribution >= 0.6 is 0 Å². The highest BCUT2D eigenvalue weighted by molar-refractivity contribution is 5.92. The smallest absolute Gasteiger partial charge is 0.0671 e. The largest absolute Gasteiger partial charge is 0.383 e. The van der Waals surface area contributed by atoms with Crippen molar-refractivity contribution >= 4 is 16.6 Å². The summed E-state index contributed by atoms with van der Waals surface area (Å²) in [5.74, 6) is 0. The molecule has 0 saturated carbocycles. The van der Waals surface area contributed by atoms with Crippen LogP contribution in [-0.2, 0) is 0 Å². The fraction of sp³-hybridized carbons (Fsp3) is 0.300. The summed E-state index contributed by atoms with van der Waals surface area (Å²) in [6.45, 7) is 3.49. The first-order valence-corrected chi connectivity index (χ1v) is 4.69. The molecule has 0 bridgehead atoms. The predicted octanol–water partition coefficient (Wildman–Crippen LogP) is 1.24. The minimum absolute atomic E-state index is 0.633. The van der Waals surface area contributed by atoms with Gasteiger partial charge in [0.15, 0.2) is 0 Å². The molecule has 0 unspecified atom stereocenters. The summed E-state index contributed by atoms with van der Waals surface area (Å²) in [5.41, 5.74) is 8.85. The number of fused-ring (bicyclic) bond motifs is 1. The van der Waals surface area contributed by atoms with E-state index in [-0.39, 0.29) is 0 Å². The van der Waals surface area contributed by atoms with Crippen LogP contribution in [-0.4, -0.2) is 23.3 Å². The highest BCUT2D eigenvalue weighted by Gasteiger charge is 2.04. The van der Waals surface area contributed by atoms with Gasteiger partial charge in [0.1, 0.15) is 0 Å². The molecule has 0 aliphatic rings. The molecule has 2 aromatic rings. The number of benzene rings is 1. The molecule has 0 fully saturated rings. The van der Waals surface area contributed by atoms with Crippen LogP contribution in [0.3, 0.4) is 0 Å². The number of nitrogens with one attached hydrogen (secondary N) is 2. The molecule has 2 rings (SSSR count). The lowest BCUT2D eigenvalue weighted by Gasteiger charge is -2.09. The summed E-state index contributed by atoms with van der Waals surface area (Å²) in [6, 6.07) is 4.10. The van der Waals surface area contributed by atoms with Gasteiger partial charge in [-0.15, -0.1) is 0 Å². The Morgan fingerprint density at radius 2 is 2.36 bits per heavy atom. The van der Waals surface area contributed by atoms with Crippen molar-refractivity contribution in [2.24, 2.45) is 5.73 Å². The van der Waals surface area contributed by atoms with E-state index in [1.54, 1.807) is 0 Å². The maximum Gasteiger partial charge on any atom is 0.0671 e. The number of aromatic amines is 1. The number of aryl methyl sites for hydroxylation is 1. The Labute approximate surface area is 82.5 Å². The third kappa shape index (κ3) is 1.44. The maximum absolute atomic E-state index is 5.46. The van der Waals surface area contributed by atoms with Gasteiger partial charge in [0.05, 0.1) is 11.7 Å². The molecular weight excluding hydrogens is 176 g/mol. The number of rotatable bonds is 3. The summed E-state index contributed by atoms with van der Waals surface area (Å²) in [4.78, 5) is 0. The van der Waals surface area contributed by atoms with Gasteiger partial charge in [-0.25, -0.2) is 0 Å². The predicted molar refractivity (Wildman–Crippen MR) is 58.4 cm³/mol. The molecule has 4 nitrogen and oxygen atoms in total. The summed E-state index contributed by atoms with van der Waals surface area (Å²) in [5, 5.41) is 11.4. The molecule has 0 radical (unpaired) electrons. The van der Waals surface area contributed by atoms with E-state index < -0.39 is 0 Å². The number of anilines is 1. The summed E-state index contributed by atoms with van der Waals surface area (Å²) < 4.78 is 0. The second-order valence-electron chi connectivity index (χ2n) is 3.30. The molecule has 0 saturated heterocycles. The lowest BCUT2D eigenvalue weighted by molar-refractivity contribution is 1.02. The minimum atomic E-state index is 0.633. The van der Waals surface area contributed by atoms with E-state index in [1.807, 2.05) is 12.3 Å². The Bertz CT molecular complexity index is 433. The van der Waals surface area contributed by atoms with E-state index in [9.17, 15) is 0 Å². The minimum Gasteiger partial charge on any atom is -0.383 e. The first kappa shape index (κ1) is 9.02. The number of H-pyrrole nitrogens is 1. The fourth-order valence-electron chi connectivity index (χ4n) is 1.56. The average molecular weight is 190 g/mol. The molecule has 1 aromatic heterocycles. The van der Waals surface area contributed by atoms with Crippen molar-refractivity contribution in [2.75, 3.05) is 18.4 Å². The molecule has 0 spiro atoms.